The Morgan fingerprint density at radius 2 is 2.05 bits per heavy atom. The molecule has 2 amide bonds. The highest BCUT2D eigenvalue weighted by molar-refractivity contribution is 8.14. The minimum Gasteiger partial charge on any atom is -0.508 e. The molecule has 0 fully saturated rings. The van der Waals surface area contributed by atoms with Gasteiger partial charge >= 0.3 is 11.8 Å². The number of aliphatic imine (C=N–C) groups is 1. The fraction of sp³-hybridized carbons (Fsp3) is 0.250. The molecular formula is C12H13N3O3S. The third-order valence-electron chi connectivity index (χ3n) is 2.54. The Kier molecular flexibility index (Phi) is 4.06. The summed E-state index contributed by atoms with van der Waals surface area (Å²) in [6, 6.07) is 6.02. The van der Waals surface area contributed by atoms with E-state index in [-0.39, 0.29) is 5.75 Å². The van der Waals surface area contributed by atoms with Gasteiger partial charge in [0.2, 0.25) is 0 Å². The van der Waals surface area contributed by atoms with E-state index in [0.29, 0.717) is 17.4 Å². The predicted molar refractivity (Wildman–Crippen MR) is 74.4 cm³/mol. The molecule has 19 heavy (non-hydrogen) atoms. The Balaban J connectivity index is 2.01. The van der Waals surface area contributed by atoms with Crippen molar-refractivity contribution in [3.8, 4) is 5.75 Å². The van der Waals surface area contributed by atoms with E-state index in [9.17, 15) is 14.7 Å². The summed E-state index contributed by atoms with van der Waals surface area (Å²) in [4.78, 5) is 28.9. The van der Waals surface area contributed by atoms with E-state index in [2.05, 4.69) is 10.3 Å². The maximum Gasteiger partial charge on any atom is 0.316 e. The van der Waals surface area contributed by atoms with Gasteiger partial charge in [-0.15, -0.1) is 0 Å². The molecule has 0 aliphatic carbocycles. The van der Waals surface area contributed by atoms with Crippen LogP contribution in [0.3, 0.4) is 0 Å². The first-order valence-corrected chi connectivity index (χ1v) is 6.62. The van der Waals surface area contributed by atoms with Crippen molar-refractivity contribution in [1.29, 1.82) is 0 Å². The number of nitrogens with zero attached hydrogens (tertiary/aromatic N) is 2. The Labute approximate surface area is 114 Å². The maximum atomic E-state index is 11.9. The van der Waals surface area contributed by atoms with Crippen LogP contribution in [0.25, 0.3) is 0 Å². The molecule has 0 radical (unpaired) electrons. The van der Waals surface area contributed by atoms with Gasteiger partial charge in [-0.1, -0.05) is 11.8 Å². The molecule has 1 aromatic carbocycles. The monoisotopic (exact) mass is 279 g/mol. The van der Waals surface area contributed by atoms with E-state index in [0.717, 1.165) is 5.75 Å². The molecule has 0 saturated heterocycles. The van der Waals surface area contributed by atoms with Gasteiger partial charge in [-0.05, 0) is 24.3 Å². The first kappa shape index (κ1) is 13.4. The van der Waals surface area contributed by atoms with Crippen LogP contribution < -0.4 is 10.2 Å². The third kappa shape index (κ3) is 3.25. The number of aromatic hydroxyl groups is 1. The van der Waals surface area contributed by atoms with Gasteiger partial charge < -0.3 is 10.0 Å². The molecule has 0 spiro atoms. The van der Waals surface area contributed by atoms with Gasteiger partial charge in [0.15, 0.2) is 5.17 Å². The van der Waals surface area contributed by atoms with Crippen LogP contribution in [-0.2, 0) is 9.59 Å². The Bertz CT molecular complexity index is 528. The highest BCUT2D eigenvalue weighted by Gasteiger charge is 2.22. The number of phenolic OH excluding ortho intramolecular Hbond substituents is 1. The minimum absolute atomic E-state index is 0.103. The van der Waals surface area contributed by atoms with Crippen molar-refractivity contribution in [2.24, 2.45) is 4.99 Å². The number of phenols is 1. The Morgan fingerprint density at radius 1 is 1.37 bits per heavy atom. The summed E-state index contributed by atoms with van der Waals surface area (Å²) in [5.74, 6) is -0.479. The van der Waals surface area contributed by atoms with E-state index in [4.69, 9.17) is 0 Å². The summed E-state index contributed by atoms with van der Waals surface area (Å²) in [6.07, 6.45) is 0. The van der Waals surface area contributed by atoms with Crippen molar-refractivity contribution >= 4 is 34.4 Å². The molecule has 7 heteroatoms. The predicted octanol–water partition coefficient (Wildman–Crippen LogP) is 0.574. The smallest absolute Gasteiger partial charge is 0.316 e. The highest BCUT2D eigenvalue weighted by Crippen LogP contribution is 2.17. The SMILES string of the molecule is CN(C(=O)C(=O)NC1=NCCS1)c1ccc(O)cc1. The van der Waals surface area contributed by atoms with Crippen LogP contribution in [0.5, 0.6) is 5.75 Å². The van der Waals surface area contributed by atoms with Gasteiger partial charge in [0, 0.05) is 18.5 Å². The zero-order chi connectivity index (χ0) is 13.8. The number of benzene rings is 1. The lowest BCUT2D eigenvalue weighted by atomic mass is 10.3. The number of thioether (sulfide) groups is 1. The summed E-state index contributed by atoms with van der Waals surface area (Å²) in [7, 11) is 1.50. The van der Waals surface area contributed by atoms with E-state index in [1.165, 1.54) is 35.8 Å². The zero-order valence-corrected chi connectivity index (χ0v) is 11.1. The van der Waals surface area contributed by atoms with Gasteiger partial charge in [0.05, 0.1) is 6.54 Å². The summed E-state index contributed by atoms with van der Waals surface area (Å²) in [6.45, 7) is 0.655. The Morgan fingerprint density at radius 3 is 2.63 bits per heavy atom. The molecule has 0 saturated carbocycles. The summed E-state index contributed by atoms with van der Waals surface area (Å²) in [5, 5.41) is 12.1. The fourth-order valence-electron chi connectivity index (χ4n) is 1.51. The zero-order valence-electron chi connectivity index (χ0n) is 10.3. The van der Waals surface area contributed by atoms with E-state index in [1.807, 2.05) is 0 Å². The second-order valence-electron chi connectivity index (χ2n) is 3.87. The van der Waals surface area contributed by atoms with Crippen molar-refractivity contribution in [3.63, 3.8) is 0 Å². The van der Waals surface area contributed by atoms with Crippen molar-refractivity contribution in [3.05, 3.63) is 24.3 Å². The normalized spacial score (nSPS) is 13.8. The lowest BCUT2D eigenvalue weighted by Gasteiger charge is -2.16. The largest absolute Gasteiger partial charge is 0.508 e. The van der Waals surface area contributed by atoms with Crippen LogP contribution in [0.1, 0.15) is 0 Å². The van der Waals surface area contributed by atoms with Crippen LogP contribution in [-0.4, -0.2) is 41.4 Å². The fourth-order valence-corrected chi connectivity index (χ4v) is 2.23. The number of nitrogens with one attached hydrogen (secondary N) is 1. The lowest BCUT2D eigenvalue weighted by molar-refractivity contribution is -0.136. The molecule has 0 bridgehead atoms. The first-order chi connectivity index (χ1) is 9.08. The lowest BCUT2D eigenvalue weighted by Crippen LogP contribution is -2.42. The summed E-state index contributed by atoms with van der Waals surface area (Å²) >= 11 is 1.41. The first-order valence-electron chi connectivity index (χ1n) is 5.63. The van der Waals surface area contributed by atoms with Crippen LogP contribution in [0.4, 0.5) is 5.69 Å². The molecule has 2 rings (SSSR count). The molecule has 0 atom stereocenters. The maximum absolute atomic E-state index is 11.9. The van der Waals surface area contributed by atoms with Gasteiger partial charge in [-0.2, -0.15) is 0 Å². The van der Waals surface area contributed by atoms with E-state index < -0.39 is 11.8 Å². The third-order valence-corrected chi connectivity index (χ3v) is 3.43. The molecule has 100 valence electrons. The molecule has 1 aromatic rings. The van der Waals surface area contributed by atoms with Crippen LogP contribution in [0, 0.1) is 0 Å². The number of rotatable bonds is 1. The molecule has 1 heterocycles. The topological polar surface area (TPSA) is 82.0 Å². The quantitative estimate of drug-likeness (QED) is 0.737. The minimum atomic E-state index is -0.719. The molecule has 2 N–H and O–H groups in total. The molecule has 0 aromatic heterocycles. The molecular weight excluding hydrogens is 266 g/mol. The average molecular weight is 279 g/mol. The Hall–Kier alpha value is -2.02. The highest BCUT2D eigenvalue weighted by atomic mass is 32.2. The molecule has 0 unspecified atom stereocenters. The number of anilines is 1. The summed E-state index contributed by atoms with van der Waals surface area (Å²) < 4.78 is 0. The number of amides is 2. The second-order valence-corrected chi connectivity index (χ2v) is 4.95. The number of carbonyl (C=O) groups is 2. The number of hydrogen-bond acceptors (Lipinski definition) is 5. The van der Waals surface area contributed by atoms with Crippen molar-refractivity contribution in [2.45, 2.75) is 0 Å². The molecule has 6 nitrogen and oxygen atoms in total. The van der Waals surface area contributed by atoms with Crippen molar-refractivity contribution in [2.75, 3.05) is 24.2 Å². The van der Waals surface area contributed by atoms with Gasteiger partial charge in [0.25, 0.3) is 0 Å². The number of carbonyl (C=O) groups excluding carboxylic acids is 2. The van der Waals surface area contributed by atoms with Crippen molar-refractivity contribution < 1.29 is 14.7 Å². The second kappa shape index (κ2) is 5.75. The van der Waals surface area contributed by atoms with E-state index in [1.54, 1.807) is 12.1 Å². The summed E-state index contributed by atoms with van der Waals surface area (Å²) in [5.41, 5.74) is 0.527. The number of likely N-dealkylation sites (N-methyl/N-ethyl adjacent to an activating group) is 1. The number of hydrogen-bond donors (Lipinski definition) is 2. The standard InChI is InChI=1S/C12H13N3O3S/c1-15(8-2-4-9(16)5-3-8)11(18)10(17)14-12-13-6-7-19-12/h2-5,16H,6-7H2,1H3,(H,13,14,17). The van der Waals surface area contributed by atoms with Crippen LogP contribution >= 0.6 is 11.8 Å². The van der Waals surface area contributed by atoms with Crippen molar-refractivity contribution in [1.82, 2.24) is 5.32 Å². The van der Waals surface area contributed by atoms with Crippen LogP contribution in [0.15, 0.2) is 29.3 Å². The average Bonchev–Trinajstić information content (AvgIpc) is 2.90. The van der Waals surface area contributed by atoms with Gasteiger partial charge in [-0.3, -0.25) is 19.9 Å². The number of amidine groups is 1. The van der Waals surface area contributed by atoms with Crippen LogP contribution in [0.2, 0.25) is 0 Å². The van der Waals surface area contributed by atoms with Gasteiger partial charge in [0.1, 0.15) is 5.75 Å². The van der Waals surface area contributed by atoms with Gasteiger partial charge in [-0.25, -0.2) is 0 Å². The van der Waals surface area contributed by atoms with E-state index >= 15 is 0 Å². The molecule has 1 aliphatic rings. The molecule has 1 aliphatic heterocycles.